The molecule has 1 aliphatic rings. The van der Waals surface area contributed by atoms with E-state index in [0.29, 0.717) is 19.5 Å². The average molecular weight is 435 g/mol. The molecule has 1 N–H and O–H groups in total. The Kier molecular flexibility index (Phi) is 6.67. The van der Waals surface area contributed by atoms with Crippen molar-refractivity contribution in [3.05, 3.63) is 82.6 Å². The van der Waals surface area contributed by atoms with Gasteiger partial charge in [0.2, 0.25) is 11.8 Å². The van der Waals surface area contributed by atoms with Gasteiger partial charge >= 0.3 is 0 Å². The number of anilines is 1. The Labute approximate surface area is 186 Å². The van der Waals surface area contributed by atoms with Crippen molar-refractivity contribution < 1.29 is 14.3 Å². The highest BCUT2D eigenvalue weighted by Gasteiger charge is 2.34. The lowest BCUT2D eigenvalue weighted by atomic mass is 9.84. The SMILES string of the molecule is COc1ccc(NC(=O)C2CC(c3ccccc3)CN(C(=O)Cc3cccs3)C2)cc1. The molecule has 6 heteroatoms. The fourth-order valence-electron chi connectivity index (χ4n) is 4.05. The maximum absolute atomic E-state index is 13.1. The number of nitrogens with zero attached hydrogens (tertiary/aromatic N) is 1. The molecule has 1 aliphatic heterocycles. The van der Waals surface area contributed by atoms with E-state index in [9.17, 15) is 9.59 Å². The zero-order chi connectivity index (χ0) is 21.6. The number of methoxy groups -OCH3 is 1. The van der Waals surface area contributed by atoms with Gasteiger partial charge in [-0.15, -0.1) is 11.3 Å². The first-order chi connectivity index (χ1) is 15.1. The topological polar surface area (TPSA) is 58.6 Å². The molecule has 0 aliphatic carbocycles. The molecule has 0 radical (unpaired) electrons. The van der Waals surface area contributed by atoms with E-state index in [0.717, 1.165) is 22.7 Å². The monoisotopic (exact) mass is 434 g/mol. The minimum absolute atomic E-state index is 0.0558. The first kappa shape index (κ1) is 21.1. The molecule has 0 saturated carbocycles. The summed E-state index contributed by atoms with van der Waals surface area (Å²) in [6.07, 6.45) is 1.10. The van der Waals surface area contributed by atoms with Gasteiger partial charge in [-0.1, -0.05) is 36.4 Å². The van der Waals surface area contributed by atoms with Gasteiger partial charge in [-0.3, -0.25) is 9.59 Å². The van der Waals surface area contributed by atoms with Gasteiger partial charge in [-0.05, 0) is 47.7 Å². The Morgan fingerprint density at radius 1 is 1.03 bits per heavy atom. The Morgan fingerprint density at radius 2 is 1.81 bits per heavy atom. The van der Waals surface area contributed by atoms with Crippen molar-refractivity contribution in [1.82, 2.24) is 4.90 Å². The van der Waals surface area contributed by atoms with Crippen LogP contribution in [0.4, 0.5) is 5.69 Å². The minimum Gasteiger partial charge on any atom is -0.497 e. The van der Waals surface area contributed by atoms with E-state index in [4.69, 9.17) is 4.74 Å². The number of thiophene rings is 1. The molecule has 0 bridgehead atoms. The number of likely N-dealkylation sites (tertiary alicyclic amines) is 1. The van der Waals surface area contributed by atoms with Crippen LogP contribution in [0.15, 0.2) is 72.1 Å². The molecular weight excluding hydrogens is 408 g/mol. The summed E-state index contributed by atoms with van der Waals surface area (Å²) in [6, 6.07) is 21.4. The molecule has 5 nitrogen and oxygen atoms in total. The number of hydrogen-bond donors (Lipinski definition) is 1. The molecule has 1 fully saturated rings. The Hall–Kier alpha value is -3.12. The zero-order valence-corrected chi connectivity index (χ0v) is 18.3. The highest BCUT2D eigenvalue weighted by molar-refractivity contribution is 7.10. The maximum Gasteiger partial charge on any atom is 0.229 e. The first-order valence-corrected chi connectivity index (χ1v) is 11.3. The van der Waals surface area contributed by atoms with Gasteiger partial charge in [0.1, 0.15) is 5.75 Å². The second-order valence-electron chi connectivity index (χ2n) is 7.81. The van der Waals surface area contributed by atoms with Crippen LogP contribution in [-0.4, -0.2) is 36.9 Å². The van der Waals surface area contributed by atoms with Crippen LogP contribution in [0.2, 0.25) is 0 Å². The quantitative estimate of drug-likeness (QED) is 0.618. The Morgan fingerprint density at radius 3 is 2.48 bits per heavy atom. The van der Waals surface area contributed by atoms with Gasteiger partial charge in [0.05, 0.1) is 19.4 Å². The summed E-state index contributed by atoms with van der Waals surface area (Å²) < 4.78 is 5.18. The Bertz CT molecular complexity index is 1000. The van der Waals surface area contributed by atoms with Crippen molar-refractivity contribution in [2.45, 2.75) is 18.8 Å². The summed E-state index contributed by atoms with van der Waals surface area (Å²) in [6.45, 7) is 1.08. The highest BCUT2D eigenvalue weighted by Crippen LogP contribution is 2.31. The van der Waals surface area contributed by atoms with Gasteiger partial charge in [0.25, 0.3) is 0 Å². The normalized spacial score (nSPS) is 18.4. The van der Waals surface area contributed by atoms with Crippen LogP contribution < -0.4 is 10.1 Å². The number of benzene rings is 2. The summed E-state index contributed by atoms with van der Waals surface area (Å²) in [5.41, 5.74) is 1.89. The second-order valence-corrected chi connectivity index (χ2v) is 8.85. The number of piperidine rings is 1. The van der Waals surface area contributed by atoms with E-state index >= 15 is 0 Å². The van der Waals surface area contributed by atoms with Crippen LogP contribution in [0.3, 0.4) is 0 Å². The summed E-state index contributed by atoms with van der Waals surface area (Å²) >= 11 is 1.59. The number of hydrogen-bond acceptors (Lipinski definition) is 4. The molecular formula is C25H26N2O3S. The third-order valence-electron chi connectivity index (χ3n) is 5.71. The zero-order valence-electron chi connectivity index (χ0n) is 17.5. The number of nitrogens with one attached hydrogen (secondary N) is 1. The summed E-state index contributed by atoms with van der Waals surface area (Å²) in [7, 11) is 1.61. The third-order valence-corrected chi connectivity index (χ3v) is 6.58. The average Bonchev–Trinajstić information content (AvgIpc) is 3.33. The third kappa shape index (κ3) is 5.33. The van der Waals surface area contributed by atoms with Gasteiger partial charge in [0.15, 0.2) is 0 Å². The first-order valence-electron chi connectivity index (χ1n) is 10.4. The van der Waals surface area contributed by atoms with Gasteiger partial charge < -0.3 is 15.0 Å². The lowest BCUT2D eigenvalue weighted by Crippen LogP contribution is -2.47. The van der Waals surface area contributed by atoms with Crippen LogP contribution in [0.5, 0.6) is 5.75 Å². The number of carbonyl (C=O) groups excluding carboxylic acids is 2. The molecule has 0 spiro atoms. The van der Waals surface area contributed by atoms with Crippen LogP contribution in [0.25, 0.3) is 0 Å². The van der Waals surface area contributed by atoms with Crippen LogP contribution in [-0.2, 0) is 16.0 Å². The van der Waals surface area contributed by atoms with E-state index in [-0.39, 0.29) is 23.7 Å². The Balaban J connectivity index is 1.50. The lowest BCUT2D eigenvalue weighted by Gasteiger charge is -2.37. The molecule has 4 rings (SSSR count). The van der Waals surface area contributed by atoms with E-state index in [1.165, 1.54) is 5.56 Å². The predicted molar refractivity (Wildman–Crippen MR) is 124 cm³/mol. The fraction of sp³-hybridized carbons (Fsp3) is 0.280. The molecule has 2 unspecified atom stereocenters. The van der Waals surface area contributed by atoms with Crippen molar-refractivity contribution in [2.24, 2.45) is 5.92 Å². The van der Waals surface area contributed by atoms with Crippen molar-refractivity contribution in [3.63, 3.8) is 0 Å². The number of amides is 2. The second kappa shape index (κ2) is 9.79. The molecule has 1 saturated heterocycles. The van der Waals surface area contributed by atoms with Crippen molar-refractivity contribution in [3.8, 4) is 5.75 Å². The van der Waals surface area contributed by atoms with Gasteiger partial charge in [-0.25, -0.2) is 0 Å². The molecule has 2 aromatic carbocycles. The maximum atomic E-state index is 13.1. The molecule has 31 heavy (non-hydrogen) atoms. The summed E-state index contributed by atoms with van der Waals surface area (Å²) in [4.78, 5) is 29.0. The van der Waals surface area contributed by atoms with Gasteiger partial charge in [-0.2, -0.15) is 0 Å². The van der Waals surface area contributed by atoms with Crippen molar-refractivity contribution in [1.29, 1.82) is 0 Å². The van der Waals surface area contributed by atoms with Crippen LogP contribution in [0.1, 0.15) is 22.8 Å². The molecule has 2 heterocycles. The smallest absolute Gasteiger partial charge is 0.229 e. The van der Waals surface area contributed by atoms with E-state index < -0.39 is 0 Å². The standard InChI is InChI=1S/C25H26N2O3S/c1-30-22-11-9-21(10-12-22)26-25(29)20-14-19(18-6-3-2-4-7-18)16-27(17-20)24(28)15-23-8-5-13-31-23/h2-13,19-20H,14-17H2,1H3,(H,26,29). The molecule has 1 aromatic heterocycles. The van der Waals surface area contributed by atoms with Crippen LogP contribution >= 0.6 is 11.3 Å². The van der Waals surface area contributed by atoms with E-state index in [2.05, 4.69) is 17.4 Å². The molecule has 160 valence electrons. The van der Waals surface area contributed by atoms with Gasteiger partial charge in [0, 0.05) is 29.6 Å². The van der Waals surface area contributed by atoms with E-state index in [1.54, 1.807) is 18.4 Å². The summed E-state index contributed by atoms with van der Waals surface area (Å²) in [5, 5.41) is 4.99. The highest BCUT2D eigenvalue weighted by atomic mass is 32.1. The van der Waals surface area contributed by atoms with Crippen molar-refractivity contribution >= 4 is 28.8 Å². The largest absolute Gasteiger partial charge is 0.497 e. The van der Waals surface area contributed by atoms with Crippen molar-refractivity contribution in [2.75, 3.05) is 25.5 Å². The minimum atomic E-state index is -0.270. The predicted octanol–water partition coefficient (Wildman–Crippen LogP) is 4.57. The number of ether oxygens (including phenoxy) is 1. The molecule has 3 aromatic rings. The summed E-state index contributed by atoms with van der Waals surface area (Å²) in [5.74, 6) is 0.623. The molecule has 2 atom stereocenters. The number of rotatable bonds is 6. The molecule has 2 amide bonds. The number of carbonyl (C=O) groups is 2. The van der Waals surface area contributed by atoms with E-state index in [1.807, 2.05) is 64.9 Å². The lowest BCUT2D eigenvalue weighted by molar-refractivity contribution is -0.134. The van der Waals surface area contributed by atoms with Crippen LogP contribution in [0, 0.1) is 5.92 Å². The fourth-order valence-corrected chi connectivity index (χ4v) is 4.75.